The van der Waals surface area contributed by atoms with Crippen molar-refractivity contribution < 1.29 is 4.79 Å². The number of thiazole rings is 1. The molecule has 3 heterocycles. The van der Waals surface area contributed by atoms with Crippen molar-refractivity contribution in [3.63, 3.8) is 0 Å². The first-order valence-electron chi connectivity index (χ1n) is 9.97. The molecule has 7 nitrogen and oxygen atoms in total. The Kier molecular flexibility index (Phi) is 5.62. The number of nitrogens with zero attached hydrogens (tertiary/aromatic N) is 5. The van der Waals surface area contributed by atoms with Crippen LogP contribution in [0.15, 0.2) is 36.0 Å². The van der Waals surface area contributed by atoms with Crippen LogP contribution < -0.4 is 5.32 Å². The van der Waals surface area contributed by atoms with E-state index in [0.29, 0.717) is 23.7 Å². The zero-order valence-corrected chi connectivity index (χ0v) is 17.8. The molecule has 1 saturated heterocycles. The van der Waals surface area contributed by atoms with E-state index in [-0.39, 0.29) is 11.9 Å². The summed E-state index contributed by atoms with van der Waals surface area (Å²) in [7, 11) is 0. The SMILES string of the molecule is Cc1ccc(-n2nccn2)c(C(=O)N2CCC[C@@H](C)C2CNc2nc(C)cs2)c1. The Hall–Kier alpha value is -2.74. The van der Waals surface area contributed by atoms with Gasteiger partial charge >= 0.3 is 0 Å². The number of rotatable bonds is 5. The highest BCUT2D eigenvalue weighted by Crippen LogP contribution is 2.28. The normalized spacial score (nSPS) is 19.3. The number of amides is 1. The summed E-state index contributed by atoms with van der Waals surface area (Å²) in [5.41, 5.74) is 3.41. The number of carbonyl (C=O) groups excluding carboxylic acids is 1. The summed E-state index contributed by atoms with van der Waals surface area (Å²) in [6, 6.07) is 5.95. The smallest absolute Gasteiger partial charge is 0.256 e. The Morgan fingerprint density at radius 2 is 2.07 bits per heavy atom. The third-order valence-electron chi connectivity index (χ3n) is 5.47. The lowest BCUT2D eigenvalue weighted by atomic mass is 9.90. The molecule has 4 rings (SSSR count). The van der Waals surface area contributed by atoms with E-state index < -0.39 is 0 Å². The largest absolute Gasteiger partial charge is 0.359 e. The Morgan fingerprint density at radius 3 is 2.79 bits per heavy atom. The van der Waals surface area contributed by atoms with E-state index in [1.54, 1.807) is 23.7 Å². The topological polar surface area (TPSA) is 75.9 Å². The summed E-state index contributed by atoms with van der Waals surface area (Å²) < 4.78 is 0. The van der Waals surface area contributed by atoms with E-state index in [1.165, 1.54) is 4.80 Å². The van der Waals surface area contributed by atoms with Crippen molar-refractivity contribution in [2.75, 3.05) is 18.4 Å². The van der Waals surface area contributed by atoms with E-state index in [2.05, 4.69) is 27.4 Å². The Bertz CT molecular complexity index is 983. The van der Waals surface area contributed by atoms with Crippen LogP contribution in [0.5, 0.6) is 0 Å². The van der Waals surface area contributed by atoms with Crippen LogP contribution in [0.25, 0.3) is 5.69 Å². The molecule has 0 radical (unpaired) electrons. The molecule has 0 saturated carbocycles. The number of carbonyl (C=O) groups is 1. The number of nitrogens with one attached hydrogen (secondary N) is 1. The van der Waals surface area contributed by atoms with Gasteiger partial charge in [0, 0.05) is 18.5 Å². The minimum Gasteiger partial charge on any atom is -0.359 e. The Labute approximate surface area is 174 Å². The van der Waals surface area contributed by atoms with Crippen LogP contribution >= 0.6 is 11.3 Å². The summed E-state index contributed by atoms with van der Waals surface area (Å²) in [4.78, 5) is 21.7. The summed E-state index contributed by atoms with van der Waals surface area (Å²) in [6.45, 7) is 7.67. The molecule has 8 heteroatoms. The summed E-state index contributed by atoms with van der Waals surface area (Å²) in [5, 5.41) is 14.8. The second-order valence-electron chi connectivity index (χ2n) is 7.70. The maximum atomic E-state index is 13.7. The molecule has 1 aliphatic rings. The number of hydrogen-bond acceptors (Lipinski definition) is 6. The molecule has 0 aliphatic carbocycles. The number of anilines is 1. The molecule has 0 bridgehead atoms. The fraction of sp³-hybridized carbons (Fsp3) is 0.429. The van der Waals surface area contributed by atoms with Gasteiger partial charge in [-0.05, 0) is 44.7 Å². The molecule has 0 spiro atoms. The number of aryl methyl sites for hydroxylation is 2. The van der Waals surface area contributed by atoms with Crippen LogP contribution in [-0.2, 0) is 0 Å². The van der Waals surface area contributed by atoms with Crippen molar-refractivity contribution in [1.82, 2.24) is 24.9 Å². The summed E-state index contributed by atoms with van der Waals surface area (Å²) >= 11 is 1.60. The van der Waals surface area contributed by atoms with Crippen molar-refractivity contribution in [2.45, 2.75) is 39.7 Å². The molecule has 1 unspecified atom stereocenters. The van der Waals surface area contributed by atoms with Gasteiger partial charge < -0.3 is 10.2 Å². The molecular weight excluding hydrogens is 384 g/mol. The van der Waals surface area contributed by atoms with Gasteiger partial charge in [0.15, 0.2) is 5.13 Å². The van der Waals surface area contributed by atoms with Crippen LogP contribution in [0.3, 0.4) is 0 Å². The second-order valence-corrected chi connectivity index (χ2v) is 8.56. The van der Waals surface area contributed by atoms with Crippen molar-refractivity contribution in [1.29, 1.82) is 0 Å². The highest BCUT2D eigenvalue weighted by atomic mass is 32.1. The van der Waals surface area contributed by atoms with Crippen LogP contribution in [0.2, 0.25) is 0 Å². The van der Waals surface area contributed by atoms with Gasteiger partial charge in [-0.2, -0.15) is 15.0 Å². The van der Waals surface area contributed by atoms with Gasteiger partial charge in [0.05, 0.1) is 35.4 Å². The molecule has 152 valence electrons. The lowest BCUT2D eigenvalue weighted by molar-refractivity contribution is 0.0539. The van der Waals surface area contributed by atoms with Gasteiger partial charge in [0.1, 0.15) is 0 Å². The zero-order chi connectivity index (χ0) is 20.4. The van der Waals surface area contributed by atoms with Gasteiger partial charge in [0.2, 0.25) is 0 Å². The molecule has 1 N–H and O–H groups in total. The first-order valence-corrected chi connectivity index (χ1v) is 10.8. The van der Waals surface area contributed by atoms with E-state index in [9.17, 15) is 4.79 Å². The third-order valence-corrected chi connectivity index (χ3v) is 6.39. The first kappa shape index (κ1) is 19.6. The van der Waals surface area contributed by atoms with Crippen molar-refractivity contribution >= 4 is 22.4 Å². The maximum absolute atomic E-state index is 13.7. The predicted octanol–water partition coefficient (Wildman–Crippen LogP) is 3.69. The van der Waals surface area contributed by atoms with E-state index in [4.69, 9.17) is 0 Å². The van der Waals surface area contributed by atoms with Crippen LogP contribution in [0, 0.1) is 19.8 Å². The summed E-state index contributed by atoms with van der Waals surface area (Å²) in [5.74, 6) is 0.451. The maximum Gasteiger partial charge on any atom is 0.256 e. The quantitative estimate of drug-likeness (QED) is 0.694. The molecule has 1 aromatic carbocycles. The van der Waals surface area contributed by atoms with E-state index in [1.807, 2.05) is 42.3 Å². The van der Waals surface area contributed by atoms with E-state index in [0.717, 1.165) is 35.8 Å². The molecule has 2 aromatic heterocycles. The monoisotopic (exact) mass is 410 g/mol. The minimum atomic E-state index is 0.0367. The standard InChI is InChI=1S/C21H26N6OS/c1-14-6-7-18(27-23-8-9-24-27)17(11-14)20(28)26-10-4-5-15(2)19(26)12-22-21-25-16(3)13-29-21/h6-9,11,13,15,19H,4-5,10,12H2,1-3H3,(H,22,25)/t15-,19?/m1/s1. The van der Waals surface area contributed by atoms with Crippen molar-refractivity contribution in [3.05, 3.63) is 52.8 Å². The molecule has 2 atom stereocenters. The molecule has 3 aromatic rings. The van der Waals surface area contributed by atoms with Crippen LogP contribution in [-0.4, -0.2) is 49.9 Å². The van der Waals surface area contributed by atoms with Crippen LogP contribution in [0.1, 0.15) is 41.4 Å². The molecule has 1 amide bonds. The first-order chi connectivity index (χ1) is 14.0. The van der Waals surface area contributed by atoms with Gasteiger partial charge in [-0.3, -0.25) is 4.79 Å². The highest BCUT2D eigenvalue weighted by molar-refractivity contribution is 7.13. The Morgan fingerprint density at radius 1 is 1.28 bits per heavy atom. The predicted molar refractivity (Wildman–Crippen MR) is 115 cm³/mol. The summed E-state index contributed by atoms with van der Waals surface area (Å²) in [6.07, 6.45) is 5.38. The van der Waals surface area contributed by atoms with Gasteiger partial charge in [-0.25, -0.2) is 4.98 Å². The second kappa shape index (κ2) is 8.32. The number of benzene rings is 1. The minimum absolute atomic E-state index is 0.0367. The zero-order valence-electron chi connectivity index (χ0n) is 17.0. The lowest BCUT2D eigenvalue weighted by Gasteiger charge is -2.40. The average molecular weight is 411 g/mol. The van der Waals surface area contributed by atoms with Crippen LogP contribution in [0.4, 0.5) is 5.13 Å². The number of piperidine rings is 1. The Balaban J connectivity index is 1.61. The number of likely N-dealkylation sites (tertiary alicyclic amines) is 1. The van der Waals surface area contributed by atoms with Crippen molar-refractivity contribution in [3.8, 4) is 5.69 Å². The number of aromatic nitrogens is 4. The average Bonchev–Trinajstić information content (AvgIpc) is 3.38. The third kappa shape index (κ3) is 4.17. The molecule has 29 heavy (non-hydrogen) atoms. The van der Waals surface area contributed by atoms with Gasteiger partial charge in [-0.1, -0.05) is 18.6 Å². The van der Waals surface area contributed by atoms with Gasteiger partial charge in [-0.15, -0.1) is 11.3 Å². The molecule has 1 fully saturated rings. The molecular formula is C21H26N6OS. The molecule has 1 aliphatic heterocycles. The highest BCUT2D eigenvalue weighted by Gasteiger charge is 2.33. The lowest BCUT2D eigenvalue weighted by Crippen LogP contribution is -2.51. The van der Waals surface area contributed by atoms with Gasteiger partial charge in [0.25, 0.3) is 5.91 Å². The fourth-order valence-electron chi connectivity index (χ4n) is 3.93. The fourth-order valence-corrected chi connectivity index (χ4v) is 4.63. The van der Waals surface area contributed by atoms with Crippen molar-refractivity contribution in [2.24, 2.45) is 5.92 Å². The number of hydrogen-bond donors (Lipinski definition) is 1. The van der Waals surface area contributed by atoms with E-state index >= 15 is 0 Å².